The van der Waals surface area contributed by atoms with Gasteiger partial charge in [0.05, 0.1) is 11.9 Å². The van der Waals surface area contributed by atoms with Gasteiger partial charge in [0.25, 0.3) is 11.5 Å². The van der Waals surface area contributed by atoms with Crippen molar-refractivity contribution >= 4 is 33.1 Å². The molecule has 2 aromatic carbocycles. The maximum atomic E-state index is 13.0. The number of fused-ring (bicyclic) bond motifs is 1. The molecule has 4 rings (SSSR count). The maximum absolute atomic E-state index is 13.0. The van der Waals surface area contributed by atoms with Crippen LogP contribution in [0.25, 0.3) is 10.8 Å². The van der Waals surface area contributed by atoms with Crippen LogP contribution in [0.3, 0.4) is 0 Å². The van der Waals surface area contributed by atoms with Gasteiger partial charge in [-0.3, -0.25) is 14.9 Å². The third-order valence-electron chi connectivity index (χ3n) is 4.69. The second-order valence-corrected chi connectivity index (χ2v) is 7.96. The summed E-state index contributed by atoms with van der Waals surface area (Å²) in [4.78, 5) is 25.9. The molecule has 0 unspecified atom stereocenters. The molecule has 0 spiro atoms. The van der Waals surface area contributed by atoms with Crippen LogP contribution >= 0.6 is 11.3 Å². The molecule has 2 heterocycles. The van der Waals surface area contributed by atoms with E-state index in [4.69, 9.17) is 0 Å². The van der Waals surface area contributed by atoms with Crippen LogP contribution in [0.2, 0.25) is 0 Å². The van der Waals surface area contributed by atoms with Gasteiger partial charge in [0.2, 0.25) is 5.13 Å². The van der Waals surface area contributed by atoms with Crippen LogP contribution < -0.4 is 10.9 Å². The highest BCUT2D eigenvalue weighted by atomic mass is 32.1. The van der Waals surface area contributed by atoms with E-state index in [1.165, 1.54) is 16.0 Å². The first kappa shape index (κ1) is 19.9. The molecule has 0 aliphatic carbocycles. The average Bonchev–Trinajstić information content (AvgIpc) is 3.22. The zero-order valence-corrected chi connectivity index (χ0v) is 17.4. The topological polar surface area (TPSA) is 89.8 Å². The Labute approximate surface area is 177 Å². The quantitative estimate of drug-likeness (QED) is 0.491. The summed E-state index contributed by atoms with van der Waals surface area (Å²) in [6.07, 6.45) is 2.94. The lowest BCUT2D eigenvalue weighted by molar-refractivity contribution is 0.102. The molecule has 8 heteroatoms. The van der Waals surface area contributed by atoms with E-state index in [2.05, 4.69) is 27.5 Å². The normalized spacial score (nSPS) is 11.0. The molecule has 0 fully saturated rings. The minimum absolute atomic E-state index is 0.187. The molecule has 0 saturated carbocycles. The van der Waals surface area contributed by atoms with Crippen molar-refractivity contribution in [2.45, 2.75) is 32.7 Å². The number of benzene rings is 2. The van der Waals surface area contributed by atoms with Gasteiger partial charge in [0, 0.05) is 11.8 Å². The fraction of sp³-hybridized carbons (Fsp3) is 0.227. The summed E-state index contributed by atoms with van der Waals surface area (Å²) in [6, 6.07) is 16.6. The number of carbonyl (C=O) groups is 1. The molecule has 0 saturated heterocycles. The lowest BCUT2D eigenvalue weighted by atomic mass is 10.1. The van der Waals surface area contributed by atoms with Gasteiger partial charge in [0.1, 0.15) is 5.01 Å². The van der Waals surface area contributed by atoms with Crippen molar-refractivity contribution < 1.29 is 4.79 Å². The molecule has 7 nitrogen and oxygen atoms in total. The number of anilines is 1. The number of nitrogens with one attached hydrogen (secondary N) is 1. The maximum Gasteiger partial charge on any atom is 0.278 e. The summed E-state index contributed by atoms with van der Waals surface area (Å²) < 4.78 is 1.33. The van der Waals surface area contributed by atoms with Crippen molar-refractivity contribution in [2.75, 3.05) is 5.32 Å². The molecule has 1 amide bonds. The van der Waals surface area contributed by atoms with E-state index < -0.39 is 5.91 Å². The zero-order chi connectivity index (χ0) is 20.9. The molecule has 0 aliphatic rings. The predicted molar refractivity (Wildman–Crippen MR) is 118 cm³/mol. The summed E-state index contributed by atoms with van der Waals surface area (Å²) in [6.45, 7) is 2.40. The SMILES string of the molecule is CCCCc1nnc(NC(=O)c2nn(Cc3ccccc3)c(=O)c3ccccc23)s1. The molecule has 0 bridgehead atoms. The fourth-order valence-corrected chi connectivity index (χ4v) is 3.93. The summed E-state index contributed by atoms with van der Waals surface area (Å²) in [5.74, 6) is -0.411. The van der Waals surface area contributed by atoms with E-state index >= 15 is 0 Å². The highest BCUT2D eigenvalue weighted by Crippen LogP contribution is 2.20. The Morgan fingerprint density at radius 1 is 1.03 bits per heavy atom. The van der Waals surface area contributed by atoms with Crippen LogP contribution in [-0.2, 0) is 13.0 Å². The average molecular weight is 420 g/mol. The van der Waals surface area contributed by atoms with Gasteiger partial charge in [0.15, 0.2) is 5.69 Å². The smallest absolute Gasteiger partial charge is 0.278 e. The van der Waals surface area contributed by atoms with Gasteiger partial charge in [-0.05, 0) is 18.1 Å². The largest absolute Gasteiger partial charge is 0.295 e. The van der Waals surface area contributed by atoms with Crippen LogP contribution in [0.4, 0.5) is 5.13 Å². The molecule has 152 valence electrons. The summed E-state index contributed by atoms with van der Waals surface area (Å²) in [7, 11) is 0. The molecular formula is C22H21N5O2S. The number of nitrogens with zero attached hydrogens (tertiary/aromatic N) is 4. The number of hydrogen-bond acceptors (Lipinski definition) is 6. The number of carbonyl (C=O) groups excluding carboxylic acids is 1. The van der Waals surface area contributed by atoms with E-state index in [0.717, 1.165) is 29.8 Å². The van der Waals surface area contributed by atoms with E-state index in [1.54, 1.807) is 24.3 Å². The van der Waals surface area contributed by atoms with Gasteiger partial charge >= 0.3 is 0 Å². The Morgan fingerprint density at radius 2 is 1.77 bits per heavy atom. The molecule has 0 radical (unpaired) electrons. The highest BCUT2D eigenvalue weighted by molar-refractivity contribution is 7.15. The first-order valence-corrected chi connectivity index (χ1v) is 10.6. The van der Waals surface area contributed by atoms with Crippen LogP contribution in [-0.4, -0.2) is 25.9 Å². The van der Waals surface area contributed by atoms with Crippen molar-refractivity contribution in [3.63, 3.8) is 0 Å². The number of hydrogen-bond donors (Lipinski definition) is 1. The van der Waals surface area contributed by atoms with Crippen molar-refractivity contribution in [3.8, 4) is 0 Å². The first-order chi connectivity index (χ1) is 14.7. The van der Waals surface area contributed by atoms with Crippen molar-refractivity contribution in [1.82, 2.24) is 20.0 Å². The standard InChI is InChI=1S/C22H21N5O2S/c1-2-3-13-18-24-25-22(30-18)23-20(28)19-16-11-7-8-12-17(16)21(29)27(26-19)14-15-9-5-4-6-10-15/h4-12H,2-3,13-14H2,1H3,(H,23,25,28). The van der Waals surface area contributed by atoms with Gasteiger partial charge in [-0.2, -0.15) is 5.10 Å². The van der Waals surface area contributed by atoms with E-state index in [1.807, 2.05) is 30.3 Å². The minimum Gasteiger partial charge on any atom is -0.295 e. The molecule has 0 atom stereocenters. The Morgan fingerprint density at radius 3 is 2.53 bits per heavy atom. The van der Waals surface area contributed by atoms with Gasteiger partial charge in [-0.15, -0.1) is 10.2 Å². The molecule has 2 aromatic heterocycles. The highest BCUT2D eigenvalue weighted by Gasteiger charge is 2.18. The summed E-state index contributed by atoms with van der Waals surface area (Å²) in [5, 5.41) is 17.7. The molecule has 0 aliphatic heterocycles. The summed E-state index contributed by atoms with van der Waals surface area (Å²) >= 11 is 1.36. The fourth-order valence-electron chi connectivity index (χ4n) is 3.16. The third kappa shape index (κ3) is 4.28. The molecule has 30 heavy (non-hydrogen) atoms. The van der Waals surface area contributed by atoms with Crippen molar-refractivity contribution in [1.29, 1.82) is 0 Å². The Balaban J connectivity index is 1.68. The Hall–Kier alpha value is -3.39. The Kier molecular flexibility index (Phi) is 5.94. The molecule has 1 N–H and O–H groups in total. The third-order valence-corrected chi connectivity index (χ3v) is 5.59. The lowest BCUT2D eigenvalue weighted by Gasteiger charge is -2.10. The van der Waals surface area contributed by atoms with Gasteiger partial charge in [-0.1, -0.05) is 73.2 Å². The second-order valence-electron chi connectivity index (χ2n) is 6.90. The number of amides is 1. The van der Waals surface area contributed by atoms with E-state index in [0.29, 0.717) is 15.9 Å². The lowest BCUT2D eigenvalue weighted by Crippen LogP contribution is -2.28. The Bertz CT molecular complexity index is 1230. The van der Waals surface area contributed by atoms with Crippen LogP contribution in [0.15, 0.2) is 59.4 Å². The summed E-state index contributed by atoms with van der Waals surface area (Å²) in [5.41, 5.74) is 0.883. The number of rotatable bonds is 7. The van der Waals surface area contributed by atoms with Crippen LogP contribution in [0.1, 0.15) is 40.8 Å². The number of aromatic nitrogens is 4. The minimum atomic E-state index is -0.411. The molecular weight excluding hydrogens is 398 g/mol. The second kappa shape index (κ2) is 8.96. The molecule has 4 aromatic rings. The van der Waals surface area contributed by atoms with Crippen LogP contribution in [0, 0.1) is 0 Å². The monoisotopic (exact) mass is 419 g/mol. The van der Waals surface area contributed by atoms with Crippen molar-refractivity contribution in [2.24, 2.45) is 0 Å². The van der Waals surface area contributed by atoms with Crippen LogP contribution in [0.5, 0.6) is 0 Å². The van der Waals surface area contributed by atoms with Gasteiger partial charge in [-0.25, -0.2) is 4.68 Å². The van der Waals surface area contributed by atoms with Crippen molar-refractivity contribution in [3.05, 3.63) is 81.2 Å². The van der Waals surface area contributed by atoms with E-state index in [9.17, 15) is 9.59 Å². The number of unbranched alkanes of at least 4 members (excludes halogenated alkanes) is 1. The van der Waals surface area contributed by atoms with Gasteiger partial charge < -0.3 is 0 Å². The first-order valence-electron chi connectivity index (χ1n) is 9.83. The van der Waals surface area contributed by atoms with E-state index in [-0.39, 0.29) is 17.8 Å². The predicted octanol–water partition coefficient (Wildman–Crippen LogP) is 3.89. The number of aryl methyl sites for hydroxylation is 1. The zero-order valence-electron chi connectivity index (χ0n) is 16.5.